The predicted molar refractivity (Wildman–Crippen MR) is 140 cm³/mol. The Balaban J connectivity index is 3.38. The van der Waals surface area contributed by atoms with Crippen LogP contribution in [0.15, 0.2) is 24.3 Å². The van der Waals surface area contributed by atoms with Crippen LogP contribution in [0.1, 0.15) is 90.3 Å². The lowest BCUT2D eigenvalue weighted by Gasteiger charge is -2.34. The average molecular weight is 505 g/mol. The second kappa shape index (κ2) is 15.1. The van der Waals surface area contributed by atoms with Crippen LogP contribution in [0.5, 0.6) is 0 Å². The Hall–Kier alpha value is -3.10. The van der Waals surface area contributed by atoms with E-state index in [0.29, 0.717) is 18.5 Å². The zero-order valence-electron chi connectivity index (χ0n) is 22.7. The van der Waals surface area contributed by atoms with Gasteiger partial charge in [0.2, 0.25) is 17.7 Å². The van der Waals surface area contributed by atoms with Gasteiger partial charge in [0.25, 0.3) is 0 Å². The minimum absolute atomic E-state index is 0.265. The molecule has 1 aromatic rings. The molecule has 4 N–H and O–H groups in total. The van der Waals surface area contributed by atoms with Crippen molar-refractivity contribution in [1.29, 1.82) is 0 Å². The fourth-order valence-corrected chi connectivity index (χ4v) is 3.65. The lowest BCUT2D eigenvalue weighted by atomic mass is 10.0. The molecule has 0 saturated heterocycles. The standard InChI is InChI=1S/C27H44N4O5/c1-7-9-11-16-29-24(33)23(20-14-12-19(3)13-15-20)31(17-10-8-2)25(34)21(18-22(28)32)30-26(35)36-27(4,5)6/h12-15,21,23H,7-11,16-18H2,1-6H3,(H2,28,32)(H,29,33)(H,30,35). The molecule has 1 aromatic carbocycles. The summed E-state index contributed by atoms with van der Waals surface area (Å²) in [6.45, 7) is 11.8. The summed E-state index contributed by atoms with van der Waals surface area (Å²) in [4.78, 5) is 53.0. The number of carbonyl (C=O) groups excluding carboxylic acids is 4. The van der Waals surface area contributed by atoms with Gasteiger partial charge in [-0.15, -0.1) is 0 Å². The van der Waals surface area contributed by atoms with E-state index in [1.807, 2.05) is 38.1 Å². The summed E-state index contributed by atoms with van der Waals surface area (Å²) in [6.07, 6.45) is 2.98. The number of amides is 4. The summed E-state index contributed by atoms with van der Waals surface area (Å²) >= 11 is 0. The predicted octanol–water partition coefficient (Wildman–Crippen LogP) is 3.74. The van der Waals surface area contributed by atoms with Crippen molar-refractivity contribution < 1.29 is 23.9 Å². The zero-order chi connectivity index (χ0) is 27.3. The number of alkyl carbamates (subject to hydrolysis) is 1. The fraction of sp³-hybridized carbons (Fsp3) is 0.630. The smallest absolute Gasteiger partial charge is 0.408 e. The first kappa shape index (κ1) is 30.9. The molecule has 4 amide bonds. The van der Waals surface area contributed by atoms with Gasteiger partial charge >= 0.3 is 6.09 Å². The van der Waals surface area contributed by atoms with Crippen LogP contribution in [0.4, 0.5) is 4.79 Å². The average Bonchev–Trinajstić information content (AvgIpc) is 2.78. The van der Waals surface area contributed by atoms with Gasteiger partial charge in [0.15, 0.2) is 0 Å². The van der Waals surface area contributed by atoms with E-state index >= 15 is 0 Å². The molecule has 0 saturated carbocycles. The van der Waals surface area contributed by atoms with Gasteiger partial charge in [0, 0.05) is 13.1 Å². The van der Waals surface area contributed by atoms with Gasteiger partial charge in [-0.05, 0) is 46.1 Å². The van der Waals surface area contributed by atoms with E-state index in [1.165, 1.54) is 4.90 Å². The van der Waals surface area contributed by atoms with E-state index in [1.54, 1.807) is 20.8 Å². The number of rotatable bonds is 14. The van der Waals surface area contributed by atoms with Crippen molar-refractivity contribution >= 4 is 23.8 Å². The van der Waals surface area contributed by atoms with Crippen LogP contribution in [0.25, 0.3) is 0 Å². The summed E-state index contributed by atoms with van der Waals surface area (Å²) in [7, 11) is 0. The van der Waals surface area contributed by atoms with Gasteiger partial charge < -0.3 is 26.0 Å². The molecular weight excluding hydrogens is 460 g/mol. The highest BCUT2D eigenvalue weighted by atomic mass is 16.6. The Bertz CT molecular complexity index is 864. The first-order chi connectivity index (χ1) is 16.9. The number of aryl methyl sites for hydroxylation is 1. The Morgan fingerprint density at radius 1 is 1.00 bits per heavy atom. The summed E-state index contributed by atoms with van der Waals surface area (Å²) in [5.74, 6) is -1.63. The molecule has 36 heavy (non-hydrogen) atoms. The molecule has 0 spiro atoms. The summed E-state index contributed by atoms with van der Waals surface area (Å²) in [5, 5.41) is 5.45. The maximum absolute atomic E-state index is 13.8. The van der Waals surface area contributed by atoms with Crippen LogP contribution >= 0.6 is 0 Å². The monoisotopic (exact) mass is 504 g/mol. The molecule has 1 rings (SSSR count). The summed E-state index contributed by atoms with van der Waals surface area (Å²) in [5.41, 5.74) is 6.28. The van der Waals surface area contributed by atoms with Crippen molar-refractivity contribution in [3.63, 3.8) is 0 Å². The number of benzene rings is 1. The highest BCUT2D eigenvalue weighted by Gasteiger charge is 2.36. The number of hydrogen-bond donors (Lipinski definition) is 3. The number of ether oxygens (including phenoxy) is 1. The number of carbonyl (C=O) groups is 4. The van der Waals surface area contributed by atoms with E-state index in [-0.39, 0.29) is 12.5 Å². The van der Waals surface area contributed by atoms with E-state index in [4.69, 9.17) is 10.5 Å². The second-order valence-electron chi connectivity index (χ2n) is 10.1. The van der Waals surface area contributed by atoms with Crippen molar-refractivity contribution in [3.8, 4) is 0 Å². The first-order valence-electron chi connectivity index (χ1n) is 12.8. The number of nitrogens with two attached hydrogens (primary N) is 1. The second-order valence-corrected chi connectivity index (χ2v) is 10.1. The molecule has 2 unspecified atom stereocenters. The van der Waals surface area contributed by atoms with Gasteiger partial charge in [0.1, 0.15) is 17.7 Å². The maximum Gasteiger partial charge on any atom is 0.408 e. The Kier molecular flexibility index (Phi) is 13.0. The van der Waals surface area contributed by atoms with Gasteiger partial charge in [-0.2, -0.15) is 0 Å². The Labute approximate surface area is 215 Å². The summed E-state index contributed by atoms with van der Waals surface area (Å²) in [6, 6.07) is 5.21. The molecule has 202 valence electrons. The molecule has 9 heteroatoms. The first-order valence-corrected chi connectivity index (χ1v) is 12.8. The highest BCUT2D eigenvalue weighted by molar-refractivity contribution is 5.94. The van der Waals surface area contributed by atoms with Crippen LogP contribution < -0.4 is 16.4 Å². The Morgan fingerprint density at radius 2 is 1.61 bits per heavy atom. The maximum atomic E-state index is 13.8. The zero-order valence-corrected chi connectivity index (χ0v) is 22.7. The normalized spacial score (nSPS) is 12.8. The van der Waals surface area contributed by atoms with Crippen LogP contribution in [0.3, 0.4) is 0 Å². The molecule has 2 atom stereocenters. The fourth-order valence-electron chi connectivity index (χ4n) is 3.65. The van der Waals surface area contributed by atoms with E-state index in [2.05, 4.69) is 17.6 Å². The molecule has 0 fully saturated rings. The quantitative estimate of drug-likeness (QED) is 0.332. The lowest BCUT2D eigenvalue weighted by Crippen LogP contribution is -2.54. The third-order valence-electron chi connectivity index (χ3n) is 5.46. The highest BCUT2D eigenvalue weighted by Crippen LogP contribution is 2.24. The van der Waals surface area contributed by atoms with Crippen molar-refractivity contribution in [1.82, 2.24) is 15.5 Å². The van der Waals surface area contributed by atoms with Crippen LogP contribution in [-0.4, -0.2) is 53.4 Å². The van der Waals surface area contributed by atoms with Crippen LogP contribution in [-0.2, 0) is 19.1 Å². The molecule has 0 aliphatic carbocycles. The lowest BCUT2D eigenvalue weighted by molar-refractivity contribution is -0.143. The van der Waals surface area contributed by atoms with Gasteiger partial charge in [-0.25, -0.2) is 4.79 Å². The Morgan fingerprint density at radius 3 is 2.14 bits per heavy atom. The minimum Gasteiger partial charge on any atom is -0.444 e. The molecular formula is C27H44N4O5. The van der Waals surface area contributed by atoms with Gasteiger partial charge in [-0.1, -0.05) is 62.9 Å². The molecule has 0 aliphatic heterocycles. The van der Waals surface area contributed by atoms with E-state index < -0.39 is 42.0 Å². The number of nitrogens with zero attached hydrogens (tertiary/aromatic N) is 1. The minimum atomic E-state index is -1.27. The summed E-state index contributed by atoms with van der Waals surface area (Å²) < 4.78 is 5.29. The number of primary amides is 1. The molecule has 0 heterocycles. The van der Waals surface area contributed by atoms with Gasteiger partial charge in [-0.3, -0.25) is 14.4 Å². The molecule has 0 aliphatic rings. The molecule has 0 radical (unpaired) electrons. The largest absolute Gasteiger partial charge is 0.444 e. The van der Waals surface area contributed by atoms with Gasteiger partial charge in [0.05, 0.1) is 6.42 Å². The van der Waals surface area contributed by atoms with Crippen molar-refractivity contribution in [2.75, 3.05) is 13.1 Å². The molecule has 0 aromatic heterocycles. The number of unbranched alkanes of at least 4 members (excludes halogenated alkanes) is 3. The van der Waals surface area contributed by atoms with Crippen molar-refractivity contribution in [3.05, 3.63) is 35.4 Å². The van der Waals surface area contributed by atoms with Crippen LogP contribution in [0, 0.1) is 6.92 Å². The van der Waals surface area contributed by atoms with Crippen molar-refractivity contribution in [2.45, 2.75) is 97.8 Å². The molecule has 0 bridgehead atoms. The van der Waals surface area contributed by atoms with E-state index in [9.17, 15) is 19.2 Å². The SMILES string of the molecule is CCCCCNC(=O)C(c1ccc(C)cc1)N(CCCC)C(=O)C(CC(N)=O)NC(=O)OC(C)(C)C. The number of nitrogens with one attached hydrogen (secondary N) is 2. The van der Waals surface area contributed by atoms with E-state index in [0.717, 1.165) is 31.2 Å². The molecule has 9 nitrogen and oxygen atoms in total. The topological polar surface area (TPSA) is 131 Å². The third-order valence-corrected chi connectivity index (χ3v) is 5.46. The third kappa shape index (κ3) is 11.1. The number of hydrogen-bond acceptors (Lipinski definition) is 5. The van der Waals surface area contributed by atoms with Crippen molar-refractivity contribution in [2.24, 2.45) is 5.73 Å². The van der Waals surface area contributed by atoms with Crippen LogP contribution in [0.2, 0.25) is 0 Å².